The fourth-order valence-electron chi connectivity index (χ4n) is 9.47. The molecule has 5 amide bonds. The SMILES string of the molecule is CN[C@@H](C)C(=S)N[C@H]1CCSC2CC(C)(C)[C@@H](C(=O)N[C@@H]3c4ccccc4CC[C@H]3C(=O)NCc3ccc(CNC(=O)[C@@H]4CCc5ccccc5[C@@H]4NC=O)cc3)N2C1=O. The minimum atomic E-state index is -0.727. The van der Waals surface area contributed by atoms with E-state index in [1.54, 1.807) is 16.7 Å². The van der Waals surface area contributed by atoms with Crippen molar-refractivity contribution < 1.29 is 24.0 Å². The second-order valence-electron chi connectivity index (χ2n) is 17.2. The van der Waals surface area contributed by atoms with Gasteiger partial charge in [0.15, 0.2) is 0 Å². The van der Waals surface area contributed by atoms with Crippen LogP contribution in [0.25, 0.3) is 0 Å². The standard InChI is InChI=1S/C46H57N7O5S2/c1-27(47-4)44(59)51-36-21-22-60-37-23-46(2,3)40(53(37)45(36)58)43(57)52-39-33-12-8-6-10-31(33)18-20-35(39)42(56)49-25-29-15-13-28(14-16-29)24-48-41(55)34-19-17-30-9-5-7-11-32(30)38(34)50-26-54/h5-16,26-27,34-40,47H,17-25H2,1-4H3,(H,48,55)(H,49,56)(H,50,54)(H,51,59)(H,52,57)/t27-,34+,35+,36-,37?,38-,39+,40+/m0/s1. The van der Waals surface area contributed by atoms with Crippen molar-refractivity contribution in [2.24, 2.45) is 17.3 Å². The van der Waals surface area contributed by atoms with Crippen LogP contribution in [-0.4, -0.2) is 76.2 Å². The second kappa shape index (κ2) is 18.9. The van der Waals surface area contributed by atoms with Crippen molar-refractivity contribution in [1.82, 2.24) is 36.8 Å². The summed E-state index contributed by atoms with van der Waals surface area (Å²) in [6.07, 6.45) is 4.63. The first-order valence-electron chi connectivity index (χ1n) is 21.1. The lowest BCUT2D eigenvalue weighted by Crippen LogP contribution is -2.58. The van der Waals surface area contributed by atoms with Crippen molar-refractivity contribution in [2.45, 2.75) is 108 Å². The molecule has 2 heterocycles. The summed E-state index contributed by atoms with van der Waals surface area (Å²) >= 11 is 7.32. The summed E-state index contributed by atoms with van der Waals surface area (Å²) in [6.45, 7) is 6.67. The Labute approximate surface area is 362 Å². The normalized spacial score (nSPS) is 25.9. The minimum absolute atomic E-state index is 0.101. The van der Waals surface area contributed by atoms with Gasteiger partial charge in [-0.25, -0.2) is 0 Å². The van der Waals surface area contributed by atoms with Crippen LogP contribution in [0.1, 0.15) is 91.9 Å². The molecule has 0 saturated carbocycles. The summed E-state index contributed by atoms with van der Waals surface area (Å²) in [5, 5.41) is 18.6. The first-order valence-corrected chi connectivity index (χ1v) is 22.6. The van der Waals surface area contributed by atoms with E-state index in [9.17, 15) is 24.0 Å². The van der Waals surface area contributed by atoms with Gasteiger partial charge in [-0.15, -0.1) is 11.8 Å². The molecule has 0 radical (unpaired) electrons. The molecule has 2 aliphatic heterocycles. The summed E-state index contributed by atoms with van der Waals surface area (Å²) in [4.78, 5) is 70.1. The average molecular weight is 852 g/mol. The number of thioether (sulfide) groups is 1. The maximum absolute atomic E-state index is 14.6. The van der Waals surface area contributed by atoms with Crippen LogP contribution in [0, 0.1) is 17.3 Å². The number of likely N-dealkylation sites (N-methyl/N-ethyl adjacent to an activating group) is 1. The van der Waals surface area contributed by atoms with Crippen LogP contribution in [0.5, 0.6) is 0 Å². The smallest absolute Gasteiger partial charge is 0.246 e. The van der Waals surface area contributed by atoms with Crippen molar-refractivity contribution in [3.8, 4) is 0 Å². The molecule has 318 valence electrons. The molecule has 14 heteroatoms. The van der Waals surface area contributed by atoms with E-state index >= 15 is 0 Å². The van der Waals surface area contributed by atoms with Gasteiger partial charge in [-0.3, -0.25) is 24.0 Å². The zero-order valence-corrected chi connectivity index (χ0v) is 36.4. The number of hydrogen-bond acceptors (Lipinski definition) is 8. The van der Waals surface area contributed by atoms with Crippen LogP contribution in [0.4, 0.5) is 0 Å². The Bertz CT molecular complexity index is 2100. The quantitative estimate of drug-likeness (QED) is 0.109. The number of carbonyl (C=O) groups excluding carboxylic acids is 5. The molecule has 3 aromatic rings. The van der Waals surface area contributed by atoms with E-state index in [1.165, 1.54) is 0 Å². The van der Waals surface area contributed by atoms with Gasteiger partial charge in [-0.05, 0) is 97.0 Å². The lowest BCUT2D eigenvalue weighted by atomic mass is 9.78. The first kappa shape index (κ1) is 43.3. The van der Waals surface area contributed by atoms with Crippen molar-refractivity contribution in [3.05, 3.63) is 106 Å². The van der Waals surface area contributed by atoms with Gasteiger partial charge in [0.1, 0.15) is 12.1 Å². The fourth-order valence-corrected chi connectivity index (χ4v) is 11.3. The molecule has 60 heavy (non-hydrogen) atoms. The highest BCUT2D eigenvalue weighted by molar-refractivity contribution is 7.99. The molecule has 12 nitrogen and oxygen atoms in total. The van der Waals surface area contributed by atoms with E-state index < -0.39 is 29.5 Å². The van der Waals surface area contributed by atoms with Gasteiger partial charge in [-0.1, -0.05) is 98.9 Å². The van der Waals surface area contributed by atoms with Gasteiger partial charge in [0.05, 0.1) is 40.3 Å². The van der Waals surface area contributed by atoms with E-state index in [0.29, 0.717) is 56.6 Å². The van der Waals surface area contributed by atoms with E-state index in [-0.39, 0.29) is 47.0 Å². The number of fused-ring (bicyclic) bond motifs is 3. The summed E-state index contributed by atoms with van der Waals surface area (Å²) < 4.78 is 0. The first-order chi connectivity index (χ1) is 28.9. The molecule has 0 aromatic heterocycles. The number of thiocarbonyl (C=S) groups is 1. The zero-order chi connectivity index (χ0) is 42.6. The summed E-state index contributed by atoms with van der Waals surface area (Å²) in [7, 11) is 1.83. The highest BCUT2D eigenvalue weighted by atomic mass is 32.2. The molecule has 1 unspecified atom stereocenters. The minimum Gasteiger partial charge on any atom is -0.367 e. The number of nitrogens with zero attached hydrogens (tertiary/aromatic N) is 1. The molecular formula is C46H57N7O5S2. The predicted molar refractivity (Wildman–Crippen MR) is 237 cm³/mol. The highest BCUT2D eigenvalue weighted by Crippen LogP contribution is 2.47. The lowest BCUT2D eigenvalue weighted by Gasteiger charge is -2.38. The number of amides is 5. The predicted octanol–water partition coefficient (Wildman–Crippen LogP) is 4.37. The van der Waals surface area contributed by atoms with Crippen LogP contribution >= 0.6 is 24.0 Å². The molecule has 2 saturated heterocycles. The highest BCUT2D eigenvalue weighted by Gasteiger charge is 2.55. The Balaban J connectivity index is 0.997. The number of nitrogens with one attached hydrogen (secondary N) is 6. The van der Waals surface area contributed by atoms with Crippen LogP contribution in [0.3, 0.4) is 0 Å². The van der Waals surface area contributed by atoms with Crippen molar-refractivity contribution in [2.75, 3.05) is 12.8 Å². The maximum Gasteiger partial charge on any atom is 0.246 e. The Hall–Kier alpha value is -4.79. The van der Waals surface area contributed by atoms with Crippen molar-refractivity contribution >= 4 is 59.0 Å². The molecule has 2 aliphatic carbocycles. The fraction of sp³-hybridized carbons (Fsp3) is 0.478. The molecular weight excluding hydrogens is 795 g/mol. The summed E-state index contributed by atoms with van der Waals surface area (Å²) in [5.41, 5.74) is 5.46. The topological polar surface area (TPSA) is 161 Å². The molecule has 2 fully saturated rings. The Morgan fingerprint density at radius 2 is 1.37 bits per heavy atom. The molecule has 0 bridgehead atoms. The van der Waals surface area contributed by atoms with Crippen LogP contribution < -0.4 is 31.9 Å². The summed E-state index contributed by atoms with van der Waals surface area (Å²) in [5.74, 6) is -0.764. The molecule has 0 spiro atoms. The molecule has 8 atom stereocenters. The molecule has 3 aromatic carbocycles. The van der Waals surface area contributed by atoms with Gasteiger partial charge in [0.25, 0.3) is 0 Å². The maximum atomic E-state index is 14.6. The van der Waals surface area contributed by atoms with E-state index in [4.69, 9.17) is 12.2 Å². The zero-order valence-electron chi connectivity index (χ0n) is 34.8. The van der Waals surface area contributed by atoms with Crippen LogP contribution in [0.2, 0.25) is 0 Å². The number of aryl methyl sites for hydroxylation is 2. The Kier molecular flexibility index (Phi) is 13.6. The lowest BCUT2D eigenvalue weighted by molar-refractivity contribution is -0.143. The monoisotopic (exact) mass is 851 g/mol. The third-order valence-corrected chi connectivity index (χ3v) is 14.6. The second-order valence-corrected chi connectivity index (χ2v) is 18.9. The number of benzene rings is 3. The third-order valence-electron chi connectivity index (χ3n) is 12.9. The van der Waals surface area contributed by atoms with Crippen molar-refractivity contribution in [3.63, 3.8) is 0 Å². The third kappa shape index (κ3) is 9.25. The average Bonchev–Trinajstić information content (AvgIpc) is 3.45. The molecule has 7 rings (SSSR count). The van der Waals surface area contributed by atoms with E-state index in [0.717, 1.165) is 45.6 Å². The van der Waals surface area contributed by atoms with E-state index in [1.807, 2.05) is 94.5 Å². The number of carbonyl (C=O) groups is 5. The summed E-state index contributed by atoms with van der Waals surface area (Å²) in [6, 6.07) is 21.3. The van der Waals surface area contributed by atoms with Gasteiger partial charge in [0, 0.05) is 13.1 Å². The largest absolute Gasteiger partial charge is 0.367 e. The molecule has 6 N–H and O–H groups in total. The van der Waals surface area contributed by atoms with Crippen LogP contribution in [-0.2, 0) is 49.9 Å². The van der Waals surface area contributed by atoms with Gasteiger partial charge in [-0.2, -0.15) is 0 Å². The van der Waals surface area contributed by atoms with E-state index in [2.05, 4.69) is 38.0 Å². The van der Waals surface area contributed by atoms with Crippen LogP contribution in [0.15, 0.2) is 72.8 Å². The number of rotatable bonds is 13. The van der Waals surface area contributed by atoms with Gasteiger partial charge >= 0.3 is 0 Å². The van der Waals surface area contributed by atoms with Gasteiger partial charge < -0.3 is 36.8 Å². The van der Waals surface area contributed by atoms with Gasteiger partial charge in [0.2, 0.25) is 30.0 Å². The Morgan fingerprint density at radius 3 is 1.93 bits per heavy atom. The number of hydrogen-bond donors (Lipinski definition) is 6. The van der Waals surface area contributed by atoms with Crippen molar-refractivity contribution in [1.29, 1.82) is 0 Å². The molecule has 4 aliphatic rings. The Morgan fingerprint density at radius 1 is 0.817 bits per heavy atom.